The Bertz CT molecular complexity index is 881. The van der Waals surface area contributed by atoms with Gasteiger partial charge in [-0.05, 0) is 55.9 Å². The van der Waals surface area contributed by atoms with Crippen LogP contribution in [0.5, 0.6) is 5.75 Å². The lowest BCUT2D eigenvalue weighted by Crippen LogP contribution is -2.22. The lowest BCUT2D eigenvalue weighted by atomic mass is 10.1. The van der Waals surface area contributed by atoms with Gasteiger partial charge in [-0.3, -0.25) is 4.90 Å². The summed E-state index contributed by atoms with van der Waals surface area (Å²) in [6.07, 6.45) is 0. The summed E-state index contributed by atoms with van der Waals surface area (Å²) in [6, 6.07) is 13.1. The fraction of sp³-hybridized carbons (Fsp3) is 0.263. The molecule has 0 aliphatic carbocycles. The molecule has 0 radical (unpaired) electrons. The van der Waals surface area contributed by atoms with E-state index >= 15 is 0 Å². The summed E-state index contributed by atoms with van der Waals surface area (Å²) in [7, 11) is 3.61. The van der Waals surface area contributed by atoms with Crippen molar-refractivity contribution in [2.45, 2.75) is 19.5 Å². The maximum absolute atomic E-state index is 6.31. The highest BCUT2D eigenvalue weighted by Crippen LogP contribution is 2.30. The minimum Gasteiger partial charge on any atom is -0.497 e. The van der Waals surface area contributed by atoms with E-state index in [0.717, 1.165) is 16.9 Å². The highest BCUT2D eigenvalue weighted by Gasteiger charge is 2.18. The molecule has 1 heterocycles. The number of rotatable bonds is 6. The van der Waals surface area contributed by atoms with Crippen molar-refractivity contribution in [3.05, 3.63) is 64.0 Å². The van der Waals surface area contributed by atoms with Crippen molar-refractivity contribution >= 4 is 23.2 Å². The second-order valence-electron chi connectivity index (χ2n) is 6.00. The van der Waals surface area contributed by atoms with Gasteiger partial charge in [0.1, 0.15) is 5.75 Å². The van der Waals surface area contributed by atoms with E-state index < -0.39 is 0 Å². The Morgan fingerprint density at radius 2 is 1.88 bits per heavy atom. The van der Waals surface area contributed by atoms with Crippen molar-refractivity contribution in [2.75, 3.05) is 14.2 Å². The van der Waals surface area contributed by atoms with Crippen molar-refractivity contribution in [2.24, 2.45) is 0 Å². The van der Waals surface area contributed by atoms with Crippen LogP contribution in [0.15, 0.2) is 47.0 Å². The van der Waals surface area contributed by atoms with Crippen molar-refractivity contribution in [3.8, 4) is 17.1 Å². The highest BCUT2D eigenvalue weighted by atomic mass is 35.5. The molecule has 0 N–H and O–H groups in total. The van der Waals surface area contributed by atoms with E-state index in [1.165, 1.54) is 0 Å². The molecule has 1 aromatic heterocycles. The molecule has 26 heavy (non-hydrogen) atoms. The zero-order chi connectivity index (χ0) is 18.7. The molecule has 0 saturated heterocycles. The van der Waals surface area contributed by atoms with Crippen LogP contribution in [0.25, 0.3) is 11.4 Å². The molecule has 136 valence electrons. The number of nitrogens with zero attached hydrogens (tertiary/aromatic N) is 3. The van der Waals surface area contributed by atoms with Crippen molar-refractivity contribution < 1.29 is 9.26 Å². The Morgan fingerprint density at radius 3 is 2.54 bits per heavy atom. The van der Waals surface area contributed by atoms with Crippen LogP contribution in [0, 0.1) is 0 Å². The van der Waals surface area contributed by atoms with Crippen molar-refractivity contribution in [1.82, 2.24) is 15.0 Å². The summed E-state index contributed by atoms with van der Waals surface area (Å²) in [5.41, 5.74) is 1.87. The van der Waals surface area contributed by atoms with Crippen LogP contribution in [-0.2, 0) is 6.54 Å². The molecule has 0 spiro atoms. The monoisotopic (exact) mass is 391 g/mol. The second kappa shape index (κ2) is 8.08. The number of methoxy groups -OCH3 is 1. The molecular formula is C19H19Cl2N3O2. The van der Waals surface area contributed by atoms with E-state index in [4.69, 9.17) is 32.5 Å². The molecule has 0 unspecified atom stereocenters. The number of hydrogen-bond donors (Lipinski definition) is 0. The minimum atomic E-state index is 0.0658. The van der Waals surface area contributed by atoms with Crippen LogP contribution in [-0.4, -0.2) is 29.2 Å². The van der Waals surface area contributed by atoms with E-state index in [2.05, 4.69) is 22.0 Å². The molecule has 0 bridgehead atoms. The highest BCUT2D eigenvalue weighted by molar-refractivity contribution is 6.35. The van der Waals surface area contributed by atoms with E-state index in [0.29, 0.717) is 28.3 Å². The zero-order valence-corrected chi connectivity index (χ0v) is 16.3. The number of benzene rings is 2. The topological polar surface area (TPSA) is 51.4 Å². The zero-order valence-electron chi connectivity index (χ0n) is 14.7. The number of halogens is 2. The Balaban J connectivity index is 1.71. The third-order valence-electron chi connectivity index (χ3n) is 4.27. The third kappa shape index (κ3) is 4.18. The quantitative estimate of drug-likeness (QED) is 0.574. The molecule has 0 aliphatic rings. The smallest absolute Gasteiger partial charge is 0.241 e. The molecule has 3 rings (SSSR count). The summed E-state index contributed by atoms with van der Waals surface area (Å²) in [4.78, 5) is 6.56. The molecule has 0 aliphatic heterocycles. The van der Waals surface area contributed by atoms with Crippen molar-refractivity contribution in [3.63, 3.8) is 0 Å². The van der Waals surface area contributed by atoms with Crippen LogP contribution in [0.4, 0.5) is 0 Å². The van der Waals surface area contributed by atoms with Crippen LogP contribution in [0.1, 0.15) is 24.4 Å². The lowest BCUT2D eigenvalue weighted by Gasteiger charge is -2.24. The van der Waals surface area contributed by atoms with E-state index in [9.17, 15) is 0 Å². The van der Waals surface area contributed by atoms with E-state index in [1.54, 1.807) is 13.2 Å². The van der Waals surface area contributed by atoms with Crippen LogP contribution in [0.3, 0.4) is 0 Å². The Morgan fingerprint density at radius 1 is 1.15 bits per heavy atom. The fourth-order valence-electron chi connectivity index (χ4n) is 2.60. The normalized spacial score (nSPS) is 12.4. The van der Waals surface area contributed by atoms with Gasteiger partial charge in [-0.25, -0.2) is 0 Å². The molecule has 3 aromatic rings. The summed E-state index contributed by atoms with van der Waals surface area (Å²) in [6.45, 7) is 2.57. The predicted molar refractivity (Wildman–Crippen MR) is 103 cm³/mol. The number of aromatic nitrogens is 2. The van der Waals surface area contributed by atoms with Gasteiger partial charge in [0.05, 0.1) is 13.7 Å². The van der Waals surface area contributed by atoms with Gasteiger partial charge < -0.3 is 9.26 Å². The molecular weight excluding hydrogens is 373 g/mol. The molecule has 0 amide bonds. The van der Waals surface area contributed by atoms with Gasteiger partial charge in [-0.2, -0.15) is 4.98 Å². The fourth-order valence-corrected chi connectivity index (χ4v) is 3.17. The average Bonchev–Trinajstić information content (AvgIpc) is 3.09. The van der Waals surface area contributed by atoms with Gasteiger partial charge in [0.2, 0.25) is 11.7 Å². The number of hydrogen-bond acceptors (Lipinski definition) is 5. The molecule has 0 fully saturated rings. The van der Waals surface area contributed by atoms with Crippen LogP contribution in [0.2, 0.25) is 10.0 Å². The van der Waals surface area contributed by atoms with Gasteiger partial charge in [-0.1, -0.05) is 34.4 Å². The van der Waals surface area contributed by atoms with Crippen molar-refractivity contribution in [1.29, 1.82) is 0 Å². The first-order chi connectivity index (χ1) is 12.5. The first-order valence-corrected chi connectivity index (χ1v) is 8.85. The van der Waals surface area contributed by atoms with Gasteiger partial charge in [0.25, 0.3) is 0 Å². The van der Waals surface area contributed by atoms with Gasteiger partial charge in [-0.15, -0.1) is 0 Å². The number of ether oxygens (including phenoxy) is 1. The Labute approximate surface area is 162 Å². The lowest BCUT2D eigenvalue weighted by molar-refractivity contribution is 0.216. The molecule has 0 saturated carbocycles. The third-order valence-corrected chi connectivity index (χ3v) is 4.84. The summed E-state index contributed by atoms with van der Waals surface area (Å²) >= 11 is 12.3. The van der Waals surface area contributed by atoms with Gasteiger partial charge >= 0.3 is 0 Å². The first kappa shape index (κ1) is 18.7. The van der Waals surface area contributed by atoms with E-state index in [-0.39, 0.29) is 6.04 Å². The molecule has 5 nitrogen and oxygen atoms in total. The maximum atomic E-state index is 6.31. The van der Waals surface area contributed by atoms with Crippen LogP contribution < -0.4 is 4.74 Å². The standard InChI is InChI=1S/C19H19Cl2N3O2/c1-12(16-9-6-14(20)10-17(16)21)24(2)11-18-22-19(23-26-18)13-4-7-15(25-3)8-5-13/h4-10,12H,11H2,1-3H3/t12-/m1/s1. The SMILES string of the molecule is COc1ccc(-c2noc(CN(C)[C@H](C)c3ccc(Cl)cc3Cl)n2)cc1. The first-order valence-electron chi connectivity index (χ1n) is 8.10. The predicted octanol–water partition coefficient (Wildman–Crippen LogP) is 5.25. The molecule has 2 aromatic carbocycles. The van der Waals surface area contributed by atoms with Gasteiger partial charge in [0.15, 0.2) is 0 Å². The Hall–Kier alpha value is -2.08. The van der Waals surface area contributed by atoms with E-state index in [1.807, 2.05) is 43.4 Å². The summed E-state index contributed by atoms with van der Waals surface area (Å²) in [5.74, 6) is 1.87. The van der Waals surface area contributed by atoms with Gasteiger partial charge in [0, 0.05) is 21.7 Å². The maximum Gasteiger partial charge on any atom is 0.241 e. The summed E-state index contributed by atoms with van der Waals surface area (Å²) in [5, 5.41) is 5.32. The average molecular weight is 392 g/mol. The minimum absolute atomic E-state index is 0.0658. The second-order valence-corrected chi connectivity index (χ2v) is 6.84. The van der Waals surface area contributed by atoms with Crippen LogP contribution >= 0.6 is 23.2 Å². The summed E-state index contributed by atoms with van der Waals surface area (Å²) < 4.78 is 10.6. The Kier molecular flexibility index (Phi) is 5.81. The molecule has 7 heteroatoms. The largest absolute Gasteiger partial charge is 0.497 e. The molecule has 1 atom stereocenters.